The van der Waals surface area contributed by atoms with Gasteiger partial charge in [-0.3, -0.25) is 14.8 Å². The van der Waals surface area contributed by atoms with Gasteiger partial charge < -0.3 is 15.1 Å². The molecule has 10 nitrogen and oxygen atoms in total. The van der Waals surface area contributed by atoms with Gasteiger partial charge in [-0.05, 0) is 31.4 Å². The Hall–Kier alpha value is -3.82. The maximum atomic E-state index is 14.7. The van der Waals surface area contributed by atoms with Crippen molar-refractivity contribution in [2.75, 3.05) is 11.4 Å². The van der Waals surface area contributed by atoms with Crippen LogP contribution in [-0.4, -0.2) is 57.4 Å². The number of nitrogens with zero attached hydrogens (tertiary/aromatic N) is 4. The molecule has 2 aliphatic rings. The van der Waals surface area contributed by atoms with Crippen LogP contribution < -0.4 is 4.90 Å². The first-order chi connectivity index (χ1) is 20.8. The van der Waals surface area contributed by atoms with Gasteiger partial charge in [-0.25, -0.2) is 30.8 Å². The number of aromatic hydroxyl groups is 1. The average Bonchev–Trinajstić information content (AvgIpc) is 2.97. The Morgan fingerprint density at radius 3 is 2.25 bits per heavy atom. The number of hydrogen-bond donors (Lipinski definition) is 2. The number of hydrogen-bond acceptors (Lipinski definition) is 7. The molecule has 1 saturated carbocycles. The molecule has 0 bridgehead atoms. The molecular weight excluding hydrogens is 632 g/mol. The lowest BCUT2D eigenvalue weighted by Gasteiger charge is -2.41. The van der Waals surface area contributed by atoms with E-state index in [1.54, 1.807) is 6.20 Å². The number of aromatic carboxylic acids is 1. The summed E-state index contributed by atoms with van der Waals surface area (Å²) in [6.45, 7) is -0.714. The van der Waals surface area contributed by atoms with E-state index in [1.807, 2.05) is 0 Å². The second kappa shape index (κ2) is 12.3. The standard InChI is InChI=1S/C28H25ClF4N4O6S/c29-21-22(30)24(32)25(33)26(23(21)31)44(42,43)37-9-8-19(37)27(39)36(16-6-7-17(28(40)41)20(38)10-16)13-15-11-35-18(12-34-15)14-4-2-1-3-5-14/h6-7,10-12,14,19,38H,1-5,8-9,13H2,(H,40,41)/t19-/m1/s1. The molecule has 2 heterocycles. The monoisotopic (exact) mass is 656 g/mol. The second-order valence-electron chi connectivity index (χ2n) is 10.5. The van der Waals surface area contributed by atoms with Crippen LogP contribution in [0.5, 0.6) is 5.75 Å². The second-order valence-corrected chi connectivity index (χ2v) is 12.7. The van der Waals surface area contributed by atoms with E-state index < -0.39 is 79.0 Å². The molecule has 0 spiro atoms. The zero-order chi connectivity index (χ0) is 31.9. The Bertz CT molecular complexity index is 1710. The normalized spacial score (nSPS) is 17.7. The molecule has 234 valence electrons. The van der Waals surface area contributed by atoms with E-state index in [0.29, 0.717) is 4.31 Å². The maximum absolute atomic E-state index is 14.7. The van der Waals surface area contributed by atoms with Crippen molar-refractivity contribution in [3.05, 3.63) is 75.8 Å². The Morgan fingerprint density at radius 2 is 1.68 bits per heavy atom. The summed E-state index contributed by atoms with van der Waals surface area (Å²) in [6.07, 6.45) is 8.10. The van der Waals surface area contributed by atoms with Gasteiger partial charge in [-0.2, -0.15) is 4.31 Å². The van der Waals surface area contributed by atoms with Crippen LogP contribution in [0.4, 0.5) is 23.2 Å². The molecule has 2 fully saturated rings. The van der Waals surface area contributed by atoms with E-state index in [0.717, 1.165) is 54.8 Å². The molecule has 2 N–H and O–H groups in total. The highest BCUT2D eigenvalue weighted by Gasteiger charge is 2.48. The lowest BCUT2D eigenvalue weighted by Crippen LogP contribution is -2.59. The molecular formula is C28H25ClF4N4O6S. The summed E-state index contributed by atoms with van der Waals surface area (Å²) in [5.41, 5.74) is 0.526. The fraction of sp³-hybridized carbons (Fsp3) is 0.357. The van der Waals surface area contributed by atoms with Crippen LogP contribution in [0, 0.1) is 23.3 Å². The van der Waals surface area contributed by atoms with Crippen LogP contribution in [0.15, 0.2) is 35.5 Å². The van der Waals surface area contributed by atoms with E-state index in [-0.39, 0.29) is 30.3 Å². The number of aromatic nitrogens is 2. The van der Waals surface area contributed by atoms with Gasteiger partial charge in [0.25, 0.3) is 0 Å². The first kappa shape index (κ1) is 31.6. The van der Waals surface area contributed by atoms with Crippen LogP contribution in [0.2, 0.25) is 5.02 Å². The van der Waals surface area contributed by atoms with Crippen LogP contribution in [0.3, 0.4) is 0 Å². The van der Waals surface area contributed by atoms with Gasteiger partial charge in [-0.1, -0.05) is 30.9 Å². The van der Waals surface area contributed by atoms with Crippen molar-refractivity contribution < 1.29 is 45.8 Å². The predicted octanol–water partition coefficient (Wildman–Crippen LogP) is 5.13. The topological polar surface area (TPSA) is 141 Å². The molecule has 2 aromatic carbocycles. The van der Waals surface area contributed by atoms with Gasteiger partial charge in [0.2, 0.25) is 15.9 Å². The van der Waals surface area contributed by atoms with Crippen LogP contribution in [-0.2, 0) is 21.4 Å². The average molecular weight is 657 g/mol. The van der Waals surface area contributed by atoms with Gasteiger partial charge >= 0.3 is 5.97 Å². The van der Waals surface area contributed by atoms with E-state index in [4.69, 9.17) is 11.6 Å². The largest absolute Gasteiger partial charge is 0.507 e. The lowest BCUT2D eigenvalue weighted by molar-refractivity contribution is -0.125. The molecule has 3 aromatic rings. The van der Waals surface area contributed by atoms with Gasteiger partial charge in [0.15, 0.2) is 28.2 Å². The van der Waals surface area contributed by atoms with Crippen molar-refractivity contribution in [1.29, 1.82) is 0 Å². The first-order valence-electron chi connectivity index (χ1n) is 13.5. The number of sulfonamides is 1. The number of carboxylic acids is 1. The molecule has 16 heteroatoms. The molecule has 44 heavy (non-hydrogen) atoms. The van der Waals surface area contributed by atoms with Gasteiger partial charge in [-0.15, -0.1) is 0 Å². The highest BCUT2D eigenvalue weighted by atomic mass is 35.5. The summed E-state index contributed by atoms with van der Waals surface area (Å²) in [7, 11) is -5.26. The third kappa shape index (κ3) is 5.71. The Balaban J connectivity index is 1.49. The molecule has 1 aliphatic carbocycles. The van der Waals surface area contributed by atoms with Crippen LogP contribution in [0.25, 0.3) is 0 Å². The molecule has 1 aliphatic heterocycles. The highest BCUT2D eigenvalue weighted by molar-refractivity contribution is 7.89. The molecule has 0 unspecified atom stereocenters. The highest BCUT2D eigenvalue weighted by Crippen LogP contribution is 2.37. The summed E-state index contributed by atoms with van der Waals surface area (Å²) >= 11 is 5.37. The van der Waals surface area contributed by atoms with Crippen LogP contribution >= 0.6 is 11.6 Å². The summed E-state index contributed by atoms with van der Waals surface area (Å²) in [5, 5.41) is 18.0. The van der Waals surface area contributed by atoms with Gasteiger partial charge in [0, 0.05) is 30.4 Å². The minimum absolute atomic E-state index is 0.0480. The Labute approximate surface area is 254 Å². The predicted molar refractivity (Wildman–Crippen MR) is 148 cm³/mol. The summed E-state index contributed by atoms with van der Waals surface area (Å²) in [5.74, 6) is -11.6. The zero-order valence-electron chi connectivity index (χ0n) is 22.8. The van der Waals surface area contributed by atoms with Crippen molar-refractivity contribution in [3.8, 4) is 5.75 Å². The zero-order valence-corrected chi connectivity index (χ0v) is 24.4. The van der Waals surface area contributed by atoms with Crippen molar-refractivity contribution in [2.24, 2.45) is 0 Å². The number of anilines is 1. The first-order valence-corrected chi connectivity index (χ1v) is 15.4. The third-order valence-corrected chi connectivity index (χ3v) is 10.1. The number of phenols is 1. The molecule has 1 aromatic heterocycles. The lowest BCUT2D eigenvalue weighted by atomic mass is 9.87. The molecule has 1 saturated heterocycles. The number of carbonyl (C=O) groups is 2. The Kier molecular flexibility index (Phi) is 8.82. The SMILES string of the molecule is O=C(O)c1ccc(N(Cc2cnc(C3CCCCC3)cn2)C(=O)[C@H]2CCN2S(=O)(=O)c2c(F)c(F)c(F)c(Cl)c2F)cc1O. The van der Waals surface area contributed by atoms with Crippen molar-refractivity contribution in [1.82, 2.24) is 14.3 Å². The number of amides is 1. The summed E-state index contributed by atoms with van der Waals surface area (Å²) < 4.78 is 84.0. The number of halogens is 5. The van der Waals surface area contributed by atoms with Gasteiger partial charge in [0.1, 0.15) is 22.4 Å². The molecule has 0 radical (unpaired) electrons. The van der Waals surface area contributed by atoms with E-state index >= 15 is 0 Å². The van der Waals surface area contributed by atoms with E-state index in [9.17, 15) is 45.8 Å². The Morgan fingerprint density at radius 1 is 0.977 bits per heavy atom. The van der Waals surface area contributed by atoms with E-state index in [2.05, 4.69) is 9.97 Å². The molecule has 1 amide bonds. The quantitative estimate of drug-likeness (QED) is 0.193. The smallest absolute Gasteiger partial charge is 0.339 e. The number of benzene rings is 2. The van der Waals surface area contributed by atoms with Crippen molar-refractivity contribution in [2.45, 2.75) is 61.9 Å². The number of rotatable bonds is 8. The summed E-state index contributed by atoms with van der Waals surface area (Å²) in [6, 6.07) is 1.66. The number of carboxylic acid groups (broad SMARTS) is 1. The fourth-order valence-corrected chi connectivity index (χ4v) is 7.38. The van der Waals surface area contributed by atoms with Crippen LogP contribution in [0.1, 0.15) is 66.2 Å². The molecule has 5 rings (SSSR count). The number of carbonyl (C=O) groups excluding carboxylic acids is 1. The van der Waals surface area contributed by atoms with Crippen molar-refractivity contribution in [3.63, 3.8) is 0 Å². The molecule has 1 atom stereocenters. The van der Waals surface area contributed by atoms with E-state index in [1.165, 1.54) is 12.3 Å². The summed E-state index contributed by atoms with van der Waals surface area (Å²) in [4.78, 5) is 33.3. The third-order valence-electron chi connectivity index (χ3n) is 7.85. The maximum Gasteiger partial charge on any atom is 0.339 e. The fourth-order valence-electron chi connectivity index (χ4n) is 5.39. The minimum Gasteiger partial charge on any atom is -0.507 e. The van der Waals surface area contributed by atoms with Crippen molar-refractivity contribution >= 4 is 39.2 Å². The minimum atomic E-state index is -5.26. The van der Waals surface area contributed by atoms with Gasteiger partial charge in [0.05, 0.1) is 24.1 Å².